The maximum Gasteiger partial charge on any atom is 0.135 e. The van der Waals surface area contributed by atoms with Crippen LogP contribution in [0, 0.1) is 0 Å². The van der Waals surface area contributed by atoms with Crippen molar-refractivity contribution in [3.05, 3.63) is 35.1 Å². The highest BCUT2D eigenvalue weighted by Gasteiger charge is 2.06. The highest BCUT2D eigenvalue weighted by Crippen LogP contribution is 2.28. The quantitative estimate of drug-likeness (QED) is 0.832. The van der Waals surface area contributed by atoms with Gasteiger partial charge in [-0.15, -0.1) is 0 Å². The molecule has 2 heterocycles. The molecule has 0 aromatic carbocycles. The van der Waals surface area contributed by atoms with Gasteiger partial charge in [-0.2, -0.15) is 0 Å². The first-order chi connectivity index (χ1) is 6.27. The number of halogens is 1. The Kier molecular flexibility index (Phi) is 2.06. The minimum absolute atomic E-state index is 0.481. The molecule has 0 radical (unpaired) electrons. The van der Waals surface area contributed by atoms with E-state index in [0.717, 1.165) is 15.8 Å². The zero-order chi connectivity index (χ0) is 9.26. The summed E-state index contributed by atoms with van der Waals surface area (Å²) in [5.41, 5.74) is 6.47. The summed E-state index contributed by atoms with van der Waals surface area (Å²) in [5, 5.41) is 0. The van der Waals surface area contributed by atoms with Gasteiger partial charge < -0.3 is 10.2 Å². The number of hydrogen-bond donors (Lipinski definition) is 1. The Bertz CT molecular complexity index is 412. The molecule has 2 N–H and O–H groups in total. The molecule has 0 spiro atoms. The van der Waals surface area contributed by atoms with Crippen molar-refractivity contribution in [3.63, 3.8) is 0 Å². The SMILES string of the molecule is Nc1cc(-c2ccco2)c(Br)cn1. The third-order valence-electron chi connectivity index (χ3n) is 1.66. The Morgan fingerprint density at radius 3 is 3.00 bits per heavy atom. The number of rotatable bonds is 1. The maximum absolute atomic E-state index is 5.56. The molecule has 0 unspecified atom stereocenters. The molecule has 0 amide bonds. The number of nitrogens with zero attached hydrogens (tertiary/aromatic N) is 1. The van der Waals surface area contributed by atoms with E-state index in [1.165, 1.54) is 0 Å². The highest BCUT2D eigenvalue weighted by molar-refractivity contribution is 9.10. The number of anilines is 1. The summed E-state index contributed by atoms with van der Waals surface area (Å²) in [6.45, 7) is 0. The molecular formula is C9H7BrN2O. The Morgan fingerprint density at radius 2 is 2.31 bits per heavy atom. The van der Waals surface area contributed by atoms with Crippen molar-refractivity contribution in [1.82, 2.24) is 4.98 Å². The minimum atomic E-state index is 0.481. The van der Waals surface area contributed by atoms with Gasteiger partial charge in [0.15, 0.2) is 0 Å². The van der Waals surface area contributed by atoms with E-state index in [4.69, 9.17) is 10.2 Å². The van der Waals surface area contributed by atoms with Crippen molar-refractivity contribution in [1.29, 1.82) is 0 Å². The number of aromatic nitrogens is 1. The molecule has 0 aliphatic heterocycles. The van der Waals surface area contributed by atoms with Crippen LogP contribution >= 0.6 is 15.9 Å². The number of furan rings is 1. The average molecular weight is 239 g/mol. The molecule has 2 aromatic heterocycles. The molecule has 0 saturated heterocycles. The molecule has 0 aliphatic carbocycles. The lowest BCUT2D eigenvalue weighted by Crippen LogP contribution is -1.90. The Morgan fingerprint density at radius 1 is 1.46 bits per heavy atom. The normalized spacial score (nSPS) is 10.2. The predicted molar refractivity (Wildman–Crippen MR) is 54.1 cm³/mol. The van der Waals surface area contributed by atoms with Gasteiger partial charge in [0.25, 0.3) is 0 Å². The van der Waals surface area contributed by atoms with Crippen molar-refractivity contribution in [2.75, 3.05) is 5.73 Å². The fourth-order valence-corrected chi connectivity index (χ4v) is 1.49. The van der Waals surface area contributed by atoms with Crippen LogP contribution in [0.25, 0.3) is 11.3 Å². The van der Waals surface area contributed by atoms with Gasteiger partial charge in [-0.1, -0.05) is 0 Å². The molecule has 0 atom stereocenters. The standard InChI is InChI=1S/C9H7BrN2O/c10-7-5-12-9(11)4-6(7)8-2-1-3-13-8/h1-5H,(H2,11,12). The predicted octanol–water partition coefficient (Wildman–Crippen LogP) is 2.69. The molecule has 0 saturated carbocycles. The molecule has 3 nitrogen and oxygen atoms in total. The van der Waals surface area contributed by atoms with E-state index in [0.29, 0.717) is 5.82 Å². The smallest absolute Gasteiger partial charge is 0.135 e. The zero-order valence-electron chi connectivity index (χ0n) is 6.70. The molecule has 0 bridgehead atoms. The van der Waals surface area contributed by atoms with Gasteiger partial charge in [-0.05, 0) is 34.1 Å². The third-order valence-corrected chi connectivity index (χ3v) is 2.30. The first-order valence-electron chi connectivity index (χ1n) is 3.72. The number of nitrogens with two attached hydrogens (primary N) is 1. The van der Waals surface area contributed by atoms with E-state index < -0.39 is 0 Å². The van der Waals surface area contributed by atoms with Crippen molar-refractivity contribution in [2.45, 2.75) is 0 Å². The summed E-state index contributed by atoms with van der Waals surface area (Å²) in [6, 6.07) is 5.47. The lowest BCUT2D eigenvalue weighted by Gasteiger charge is -2.00. The minimum Gasteiger partial charge on any atom is -0.464 e. The summed E-state index contributed by atoms with van der Waals surface area (Å²) >= 11 is 3.37. The van der Waals surface area contributed by atoms with Crippen LogP contribution in [-0.2, 0) is 0 Å². The second kappa shape index (κ2) is 3.22. The molecular weight excluding hydrogens is 232 g/mol. The van der Waals surface area contributed by atoms with Crippen LogP contribution in [0.4, 0.5) is 5.82 Å². The van der Waals surface area contributed by atoms with Gasteiger partial charge in [-0.3, -0.25) is 0 Å². The molecule has 2 aromatic rings. The van der Waals surface area contributed by atoms with E-state index in [1.54, 1.807) is 18.5 Å². The second-order valence-electron chi connectivity index (χ2n) is 2.57. The number of pyridine rings is 1. The van der Waals surface area contributed by atoms with Crippen LogP contribution in [0.2, 0.25) is 0 Å². The molecule has 2 rings (SSSR count). The Labute approximate surface area is 83.7 Å². The largest absolute Gasteiger partial charge is 0.464 e. The summed E-state index contributed by atoms with van der Waals surface area (Å²) in [4.78, 5) is 3.94. The highest BCUT2D eigenvalue weighted by atomic mass is 79.9. The lowest BCUT2D eigenvalue weighted by atomic mass is 10.2. The Balaban J connectivity index is 2.57. The van der Waals surface area contributed by atoms with Crippen LogP contribution < -0.4 is 5.73 Å². The zero-order valence-corrected chi connectivity index (χ0v) is 8.28. The van der Waals surface area contributed by atoms with Crippen molar-refractivity contribution in [2.24, 2.45) is 0 Å². The Hall–Kier alpha value is -1.29. The van der Waals surface area contributed by atoms with E-state index >= 15 is 0 Å². The van der Waals surface area contributed by atoms with Crippen LogP contribution in [0.15, 0.2) is 39.5 Å². The van der Waals surface area contributed by atoms with Gasteiger partial charge in [0.05, 0.1) is 6.26 Å². The van der Waals surface area contributed by atoms with Gasteiger partial charge >= 0.3 is 0 Å². The first kappa shape index (κ1) is 8.31. The first-order valence-corrected chi connectivity index (χ1v) is 4.51. The second-order valence-corrected chi connectivity index (χ2v) is 3.42. The fourth-order valence-electron chi connectivity index (χ4n) is 1.08. The topological polar surface area (TPSA) is 52.0 Å². The monoisotopic (exact) mass is 238 g/mol. The molecule has 13 heavy (non-hydrogen) atoms. The fraction of sp³-hybridized carbons (Fsp3) is 0. The van der Waals surface area contributed by atoms with E-state index in [-0.39, 0.29) is 0 Å². The van der Waals surface area contributed by atoms with E-state index in [9.17, 15) is 0 Å². The molecule has 0 aliphatic rings. The number of nitrogen functional groups attached to an aromatic ring is 1. The van der Waals surface area contributed by atoms with Crippen molar-refractivity contribution >= 4 is 21.7 Å². The van der Waals surface area contributed by atoms with E-state index in [1.807, 2.05) is 12.1 Å². The van der Waals surface area contributed by atoms with Crippen LogP contribution in [0.1, 0.15) is 0 Å². The molecule has 0 fully saturated rings. The summed E-state index contributed by atoms with van der Waals surface area (Å²) in [7, 11) is 0. The number of hydrogen-bond acceptors (Lipinski definition) is 3. The average Bonchev–Trinajstić information content (AvgIpc) is 2.61. The van der Waals surface area contributed by atoms with Crippen LogP contribution in [-0.4, -0.2) is 4.98 Å². The van der Waals surface area contributed by atoms with Crippen LogP contribution in [0.3, 0.4) is 0 Å². The maximum atomic E-state index is 5.56. The molecule has 4 heteroatoms. The summed E-state index contributed by atoms with van der Waals surface area (Å²) in [5.74, 6) is 1.26. The van der Waals surface area contributed by atoms with Crippen molar-refractivity contribution < 1.29 is 4.42 Å². The van der Waals surface area contributed by atoms with Crippen molar-refractivity contribution in [3.8, 4) is 11.3 Å². The summed E-state index contributed by atoms with van der Waals surface area (Å²) < 4.78 is 6.11. The van der Waals surface area contributed by atoms with Crippen LogP contribution in [0.5, 0.6) is 0 Å². The van der Waals surface area contributed by atoms with Gasteiger partial charge in [0.2, 0.25) is 0 Å². The van der Waals surface area contributed by atoms with Gasteiger partial charge in [0.1, 0.15) is 11.6 Å². The van der Waals surface area contributed by atoms with E-state index in [2.05, 4.69) is 20.9 Å². The van der Waals surface area contributed by atoms with Gasteiger partial charge in [-0.25, -0.2) is 4.98 Å². The van der Waals surface area contributed by atoms with Gasteiger partial charge in [0, 0.05) is 16.2 Å². The molecule has 66 valence electrons. The third kappa shape index (κ3) is 1.58. The summed E-state index contributed by atoms with van der Waals surface area (Å²) in [6.07, 6.45) is 3.28. The lowest BCUT2D eigenvalue weighted by molar-refractivity contribution is 0.582.